The third-order valence-corrected chi connectivity index (χ3v) is 3.35. The van der Waals surface area contributed by atoms with Gasteiger partial charge in [-0.05, 0) is 33.0 Å². The summed E-state index contributed by atoms with van der Waals surface area (Å²) in [6.07, 6.45) is -1.33. The first kappa shape index (κ1) is 17.9. The number of rotatable bonds is 9. The van der Waals surface area contributed by atoms with Gasteiger partial charge >= 0.3 is 0 Å². The van der Waals surface area contributed by atoms with Crippen molar-refractivity contribution in [3.05, 3.63) is 29.3 Å². The highest BCUT2D eigenvalue weighted by molar-refractivity contribution is 5.39. The molecule has 0 amide bonds. The van der Waals surface area contributed by atoms with Crippen LogP contribution in [0.15, 0.2) is 18.2 Å². The quantitative estimate of drug-likeness (QED) is 0.758. The molecule has 3 nitrogen and oxygen atoms in total. The lowest BCUT2D eigenvalue weighted by atomic mass is 10.0. The van der Waals surface area contributed by atoms with E-state index in [2.05, 4.69) is 18.3 Å². The molecule has 0 fully saturated rings. The van der Waals surface area contributed by atoms with Crippen LogP contribution in [0.3, 0.4) is 0 Å². The third kappa shape index (κ3) is 5.98. The van der Waals surface area contributed by atoms with Gasteiger partial charge in [0, 0.05) is 18.2 Å². The molecule has 0 saturated carbocycles. The number of ether oxygens (including phenoxy) is 1. The van der Waals surface area contributed by atoms with E-state index in [0.717, 1.165) is 29.8 Å². The van der Waals surface area contributed by atoms with Crippen molar-refractivity contribution in [2.24, 2.45) is 0 Å². The number of nitrogens with zero attached hydrogens (tertiary/aromatic N) is 1. The predicted molar refractivity (Wildman–Crippen MR) is 82.3 cm³/mol. The first-order valence-electron chi connectivity index (χ1n) is 7.32. The Hall–Kier alpha value is -1.20. The summed E-state index contributed by atoms with van der Waals surface area (Å²) in [4.78, 5) is 1.65. The van der Waals surface area contributed by atoms with Gasteiger partial charge in [0.15, 0.2) is 0 Å². The average molecular weight is 300 g/mol. The van der Waals surface area contributed by atoms with Gasteiger partial charge < -0.3 is 10.1 Å². The highest BCUT2D eigenvalue weighted by atomic mass is 19.3. The monoisotopic (exact) mass is 300 g/mol. The van der Waals surface area contributed by atoms with E-state index >= 15 is 0 Å². The van der Waals surface area contributed by atoms with Crippen LogP contribution in [0.1, 0.15) is 30.5 Å². The minimum Gasteiger partial charge on any atom is -0.496 e. The van der Waals surface area contributed by atoms with E-state index in [-0.39, 0.29) is 12.6 Å². The first-order valence-corrected chi connectivity index (χ1v) is 7.32. The predicted octanol–water partition coefficient (Wildman–Crippen LogP) is 3.24. The summed E-state index contributed by atoms with van der Waals surface area (Å²) < 4.78 is 30.4. The number of alkyl halides is 2. The van der Waals surface area contributed by atoms with Crippen LogP contribution >= 0.6 is 0 Å². The molecule has 1 aromatic carbocycles. The van der Waals surface area contributed by atoms with Gasteiger partial charge in [-0.2, -0.15) is 0 Å². The smallest absolute Gasteiger partial charge is 0.251 e. The van der Waals surface area contributed by atoms with Gasteiger partial charge in [-0.1, -0.05) is 24.6 Å². The molecule has 120 valence electrons. The number of benzene rings is 1. The highest BCUT2D eigenvalue weighted by Crippen LogP contribution is 2.27. The lowest BCUT2D eigenvalue weighted by molar-refractivity contribution is 0.0957. The molecular weight excluding hydrogens is 274 g/mol. The fraction of sp³-hybridized carbons (Fsp3) is 0.625. The number of nitrogens with one attached hydrogen (secondary N) is 1. The molecule has 1 rings (SSSR count). The molecule has 0 aromatic heterocycles. The molecule has 0 heterocycles. The third-order valence-electron chi connectivity index (χ3n) is 3.35. The second-order valence-corrected chi connectivity index (χ2v) is 5.36. The molecule has 5 heteroatoms. The maximum atomic E-state index is 12.5. The zero-order valence-corrected chi connectivity index (χ0v) is 13.3. The van der Waals surface area contributed by atoms with E-state index < -0.39 is 6.43 Å². The van der Waals surface area contributed by atoms with Gasteiger partial charge in [-0.3, -0.25) is 4.90 Å². The van der Waals surface area contributed by atoms with Crippen LogP contribution in [0.25, 0.3) is 0 Å². The van der Waals surface area contributed by atoms with Crippen LogP contribution in [0, 0.1) is 6.92 Å². The normalized spacial score (nSPS) is 13.0. The molecular formula is C16H26F2N2O. The molecule has 0 aliphatic carbocycles. The minimum absolute atomic E-state index is 0.0245. The summed E-state index contributed by atoms with van der Waals surface area (Å²) in [5, 5.41) is 3.43. The van der Waals surface area contributed by atoms with Crippen molar-refractivity contribution < 1.29 is 13.5 Å². The van der Waals surface area contributed by atoms with Crippen LogP contribution in [0.2, 0.25) is 0 Å². The van der Waals surface area contributed by atoms with Crippen LogP contribution in [0.4, 0.5) is 8.78 Å². The van der Waals surface area contributed by atoms with Crippen molar-refractivity contribution in [1.82, 2.24) is 10.2 Å². The second-order valence-electron chi connectivity index (χ2n) is 5.36. The molecule has 1 N–H and O–H groups in total. The van der Waals surface area contributed by atoms with Gasteiger partial charge in [0.1, 0.15) is 5.75 Å². The maximum absolute atomic E-state index is 12.5. The number of aryl methyl sites for hydroxylation is 1. The molecule has 21 heavy (non-hydrogen) atoms. The summed E-state index contributed by atoms with van der Waals surface area (Å²) in [6, 6.07) is 5.95. The SMILES string of the molecule is CCCNC(CN(C)CC(F)F)c1cc(C)ccc1OC. The molecule has 0 aliphatic rings. The zero-order valence-electron chi connectivity index (χ0n) is 13.3. The Morgan fingerprint density at radius 1 is 1.29 bits per heavy atom. The number of likely N-dealkylation sites (N-methyl/N-ethyl adjacent to an activating group) is 1. The number of halogens is 2. The van der Waals surface area contributed by atoms with E-state index in [1.165, 1.54) is 0 Å². The number of hydrogen-bond acceptors (Lipinski definition) is 3. The molecule has 1 atom stereocenters. The molecule has 0 radical (unpaired) electrons. The van der Waals surface area contributed by atoms with Gasteiger partial charge in [0.2, 0.25) is 0 Å². The van der Waals surface area contributed by atoms with Gasteiger partial charge in [-0.25, -0.2) is 8.78 Å². The van der Waals surface area contributed by atoms with Crippen molar-refractivity contribution in [3.63, 3.8) is 0 Å². The molecule has 1 unspecified atom stereocenters. The van der Waals surface area contributed by atoms with Gasteiger partial charge in [0.25, 0.3) is 6.43 Å². The second kappa shape index (κ2) is 8.95. The number of methoxy groups -OCH3 is 1. The van der Waals surface area contributed by atoms with Crippen LogP contribution in [-0.2, 0) is 0 Å². The Bertz CT molecular complexity index is 427. The molecule has 0 spiro atoms. The van der Waals surface area contributed by atoms with E-state index in [1.54, 1.807) is 19.1 Å². The van der Waals surface area contributed by atoms with Crippen LogP contribution in [0.5, 0.6) is 5.75 Å². The topological polar surface area (TPSA) is 24.5 Å². The summed E-state index contributed by atoms with van der Waals surface area (Å²) in [5.41, 5.74) is 2.15. The fourth-order valence-electron chi connectivity index (χ4n) is 2.34. The van der Waals surface area contributed by atoms with Gasteiger partial charge in [-0.15, -0.1) is 0 Å². The van der Waals surface area contributed by atoms with Gasteiger partial charge in [0.05, 0.1) is 13.7 Å². The largest absolute Gasteiger partial charge is 0.496 e. The van der Waals surface area contributed by atoms with E-state index in [1.807, 2.05) is 19.1 Å². The fourth-order valence-corrected chi connectivity index (χ4v) is 2.34. The standard InChI is InChI=1S/C16H26F2N2O/c1-5-8-19-14(10-20(3)11-16(17)18)13-9-12(2)6-7-15(13)21-4/h6-7,9,14,16,19H,5,8,10-11H2,1-4H3. The van der Waals surface area contributed by atoms with Crippen molar-refractivity contribution in [3.8, 4) is 5.75 Å². The zero-order chi connectivity index (χ0) is 15.8. The van der Waals surface area contributed by atoms with Crippen molar-refractivity contribution >= 4 is 0 Å². The Morgan fingerprint density at radius 3 is 2.57 bits per heavy atom. The Balaban J connectivity index is 2.93. The van der Waals surface area contributed by atoms with Crippen molar-refractivity contribution in [2.45, 2.75) is 32.7 Å². The highest BCUT2D eigenvalue weighted by Gasteiger charge is 2.19. The van der Waals surface area contributed by atoms with Crippen LogP contribution < -0.4 is 10.1 Å². The molecule has 0 bridgehead atoms. The Morgan fingerprint density at radius 2 is 2.00 bits per heavy atom. The van der Waals surface area contributed by atoms with E-state index in [4.69, 9.17) is 4.74 Å². The summed E-state index contributed by atoms with van der Waals surface area (Å²) in [6.45, 7) is 5.23. The molecule has 0 aliphatic heterocycles. The maximum Gasteiger partial charge on any atom is 0.251 e. The summed E-state index contributed by atoms with van der Waals surface area (Å²) >= 11 is 0. The minimum atomic E-state index is -2.32. The first-order chi connectivity index (χ1) is 9.97. The molecule has 1 aromatic rings. The van der Waals surface area contributed by atoms with E-state index in [0.29, 0.717) is 6.54 Å². The lowest BCUT2D eigenvalue weighted by Gasteiger charge is -2.26. The summed E-state index contributed by atoms with van der Waals surface area (Å²) in [5.74, 6) is 0.791. The van der Waals surface area contributed by atoms with Crippen LogP contribution in [-0.4, -0.2) is 45.1 Å². The molecule has 0 saturated heterocycles. The van der Waals surface area contributed by atoms with Crippen molar-refractivity contribution in [1.29, 1.82) is 0 Å². The Kier molecular flexibility index (Phi) is 7.61. The lowest BCUT2D eigenvalue weighted by Crippen LogP contribution is -2.36. The van der Waals surface area contributed by atoms with Crippen molar-refractivity contribution in [2.75, 3.05) is 33.8 Å². The van der Waals surface area contributed by atoms with E-state index in [9.17, 15) is 8.78 Å². The summed E-state index contributed by atoms with van der Waals surface area (Å²) in [7, 11) is 3.35. The number of hydrogen-bond donors (Lipinski definition) is 1. The average Bonchev–Trinajstić information content (AvgIpc) is 2.42. The Labute approximate surface area is 126 Å².